The maximum absolute atomic E-state index is 2.28. The van der Waals surface area contributed by atoms with Crippen molar-refractivity contribution < 1.29 is 0 Å². The molecule has 1 heteroatoms. The van der Waals surface area contributed by atoms with Crippen LogP contribution in [-0.4, -0.2) is 4.40 Å². The van der Waals surface area contributed by atoms with Crippen LogP contribution < -0.4 is 0 Å². The fraction of sp³-hybridized carbons (Fsp3) is 0.176. The Morgan fingerprint density at radius 3 is 2.28 bits per heavy atom. The first kappa shape index (κ1) is 11.1. The van der Waals surface area contributed by atoms with Crippen LogP contribution in [0.4, 0.5) is 0 Å². The lowest BCUT2D eigenvalue weighted by Gasteiger charge is -2.08. The van der Waals surface area contributed by atoms with Crippen molar-refractivity contribution in [2.24, 2.45) is 0 Å². The predicted molar refractivity (Wildman–Crippen MR) is 77.0 cm³/mol. The number of hydrogen-bond donors (Lipinski definition) is 0. The van der Waals surface area contributed by atoms with Crippen molar-refractivity contribution in [3.63, 3.8) is 0 Å². The maximum Gasteiger partial charge on any atom is 0.0528 e. The van der Waals surface area contributed by atoms with Crippen LogP contribution in [0.15, 0.2) is 48.8 Å². The summed E-state index contributed by atoms with van der Waals surface area (Å²) in [6.07, 6.45) is 4.21. The van der Waals surface area contributed by atoms with Gasteiger partial charge in [0.15, 0.2) is 0 Å². The number of hydrogen-bond acceptors (Lipinski definition) is 0. The van der Waals surface area contributed by atoms with Crippen molar-refractivity contribution in [2.75, 3.05) is 0 Å². The summed E-state index contributed by atoms with van der Waals surface area (Å²) in [5.74, 6) is 0. The third-order valence-corrected chi connectivity index (χ3v) is 3.81. The molecule has 0 saturated carbocycles. The number of nitrogens with zero attached hydrogens (tertiary/aromatic N) is 1. The SMILES string of the molecule is Cc1cc(-c2ccn3ccccc23)cc(C)c1C. The summed E-state index contributed by atoms with van der Waals surface area (Å²) >= 11 is 0. The van der Waals surface area contributed by atoms with E-state index in [4.69, 9.17) is 0 Å². The van der Waals surface area contributed by atoms with Gasteiger partial charge in [-0.1, -0.05) is 18.2 Å². The van der Waals surface area contributed by atoms with Crippen molar-refractivity contribution >= 4 is 5.52 Å². The summed E-state index contributed by atoms with van der Waals surface area (Å²) in [7, 11) is 0. The van der Waals surface area contributed by atoms with Crippen LogP contribution in [0, 0.1) is 20.8 Å². The molecule has 90 valence electrons. The summed E-state index contributed by atoms with van der Waals surface area (Å²) in [4.78, 5) is 0. The molecule has 0 aliphatic heterocycles. The highest BCUT2D eigenvalue weighted by Gasteiger charge is 2.07. The summed E-state index contributed by atoms with van der Waals surface area (Å²) in [6, 6.07) is 13.1. The number of rotatable bonds is 1. The van der Waals surface area contributed by atoms with Crippen LogP contribution in [0.3, 0.4) is 0 Å². The molecule has 1 nitrogen and oxygen atoms in total. The molecule has 0 spiro atoms. The lowest BCUT2D eigenvalue weighted by Crippen LogP contribution is -1.88. The largest absolute Gasteiger partial charge is 0.323 e. The first-order chi connectivity index (χ1) is 8.66. The molecule has 0 saturated heterocycles. The molecule has 0 amide bonds. The third kappa shape index (κ3) is 1.63. The predicted octanol–water partition coefficient (Wildman–Crippen LogP) is 4.53. The van der Waals surface area contributed by atoms with E-state index in [1.807, 2.05) is 0 Å². The molecule has 0 fully saturated rings. The van der Waals surface area contributed by atoms with E-state index in [0.717, 1.165) is 0 Å². The molecule has 0 N–H and O–H groups in total. The van der Waals surface area contributed by atoms with Crippen molar-refractivity contribution in [3.05, 3.63) is 65.5 Å². The molecule has 3 rings (SSSR count). The van der Waals surface area contributed by atoms with E-state index >= 15 is 0 Å². The standard InChI is InChI=1S/C17H17N/c1-12-10-15(11-13(2)14(12)3)16-7-9-18-8-5-4-6-17(16)18/h4-11H,1-3H3. The Labute approximate surface area is 108 Å². The molecule has 0 radical (unpaired) electrons. The molecule has 0 aliphatic carbocycles. The zero-order chi connectivity index (χ0) is 12.7. The van der Waals surface area contributed by atoms with E-state index in [9.17, 15) is 0 Å². The highest BCUT2D eigenvalue weighted by Crippen LogP contribution is 2.28. The molecular weight excluding hydrogens is 218 g/mol. The van der Waals surface area contributed by atoms with Crippen LogP contribution in [-0.2, 0) is 0 Å². The average Bonchev–Trinajstić information content (AvgIpc) is 2.79. The molecule has 3 aromatic rings. The Balaban J connectivity index is 2.26. The van der Waals surface area contributed by atoms with Crippen molar-refractivity contribution in [1.82, 2.24) is 4.40 Å². The molecule has 0 unspecified atom stereocenters. The first-order valence-corrected chi connectivity index (χ1v) is 6.31. The second kappa shape index (κ2) is 4.02. The number of fused-ring (bicyclic) bond motifs is 1. The fourth-order valence-corrected chi connectivity index (χ4v) is 2.49. The van der Waals surface area contributed by atoms with Gasteiger partial charge in [-0.05, 0) is 61.2 Å². The van der Waals surface area contributed by atoms with Crippen LogP contribution in [0.5, 0.6) is 0 Å². The summed E-state index contributed by atoms with van der Waals surface area (Å²) < 4.78 is 2.17. The summed E-state index contributed by atoms with van der Waals surface area (Å²) in [5, 5.41) is 0. The van der Waals surface area contributed by atoms with Gasteiger partial charge in [0.2, 0.25) is 0 Å². The molecular formula is C17H17N. The monoisotopic (exact) mass is 235 g/mol. The lowest BCUT2D eigenvalue weighted by molar-refractivity contribution is 1.20. The van der Waals surface area contributed by atoms with Gasteiger partial charge >= 0.3 is 0 Å². The molecule has 2 heterocycles. The molecule has 2 aromatic heterocycles. The molecule has 18 heavy (non-hydrogen) atoms. The number of aryl methyl sites for hydroxylation is 2. The van der Waals surface area contributed by atoms with E-state index in [-0.39, 0.29) is 0 Å². The van der Waals surface area contributed by atoms with Crippen molar-refractivity contribution in [3.8, 4) is 11.1 Å². The van der Waals surface area contributed by atoms with Crippen molar-refractivity contribution in [1.29, 1.82) is 0 Å². The van der Waals surface area contributed by atoms with E-state index in [2.05, 4.69) is 74.0 Å². The van der Waals surface area contributed by atoms with Crippen LogP contribution in [0.25, 0.3) is 16.6 Å². The maximum atomic E-state index is 2.28. The minimum atomic E-state index is 1.26. The lowest BCUT2D eigenvalue weighted by atomic mass is 9.97. The molecule has 0 atom stereocenters. The Bertz CT molecular complexity index is 696. The zero-order valence-electron chi connectivity index (χ0n) is 11.1. The Morgan fingerprint density at radius 1 is 0.833 bits per heavy atom. The normalized spacial score (nSPS) is 11.1. The van der Waals surface area contributed by atoms with Gasteiger partial charge in [-0.2, -0.15) is 0 Å². The van der Waals surface area contributed by atoms with Gasteiger partial charge in [0, 0.05) is 18.0 Å². The summed E-state index contributed by atoms with van der Waals surface area (Å²) in [6.45, 7) is 6.56. The van der Waals surface area contributed by atoms with Gasteiger partial charge in [-0.15, -0.1) is 0 Å². The molecule has 0 aliphatic rings. The van der Waals surface area contributed by atoms with Gasteiger partial charge in [-0.3, -0.25) is 0 Å². The van der Waals surface area contributed by atoms with E-state index in [1.54, 1.807) is 0 Å². The topological polar surface area (TPSA) is 4.41 Å². The van der Waals surface area contributed by atoms with Crippen LogP contribution >= 0.6 is 0 Å². The van der Waals surface area contributed by atoms with Gasteiger partial charge in [0.1, 0.15) is 0 Å². The fourth-order valence-electron chi connectivity index (χ4n) is 2.49. The van der Waals surface area contributed by atoms with E-state index in [0.29, 0.717) is 0 Å². The van der Waals surface area contributed by atoms with Gasteiger partial charge in [-0.25, -0.2) is 0 Å². The van der Waals surface area contributed by atoms with Crippen molar-refractivity contribution in [2.45, 2.75) is 20.8 Å². The van der Waals surface area contributed by atoms with E-state index < -0.39 is 0 Å². The Hall–Kier alpha value is -2.02. The van der Waals surface area contributed by atoms with Crippen LogP contribution in [0.2, 0.25) is 0 Å². The van der Waals surface area contributed by atoms with Gasteiger partial charge < -0.3 is 4.40 Å². The number of aromatic nitrogens is 1. The second-order valence-electron chi connectivity index (χ2n) is 4.96. The van der Waals surface area contributed by atoms with Gasteiger partial charge in [0.25, 0.3) is 0 Å². The van der Waals surface area contributed by atoms with E-state index in [1.165, 1.54) is 33.3 Å². The zero-order valence-corrected chi connectivity index (χ0v) is 11.1. The Morgan fingerprint density at radius 2 is 1.56 bits per heavy atom. The van der Waals surface area contributed by atoms with Crippen LogP contribution in [0.1, 0.15) is 16.7 Å². The molecule has 1 aromatic carbocycles. The number of pyridine rings is 1. The second-order valence-corrected chi connectivity index (χ2v) is 4.96. The minimum absolute atomic E-state index is 1.26. The third-order valence-electron chi connectivity index (χ3n) is 3.81. The first-order valence-electron chi connectivity index (χ1n) is 6.31. The quantitative estimate of drug-likeness (QED) is 0.583. The van der Waals surface area contributed by atoms with Gasteiger partial charge in [0.05, 0.1) is 5.52 Å². The smallest absolute Gasteiger partial charge is 0.0528 e. The summed E-state index contributed by atoms with van der Waals surface area (Å²) in [5.41, 5.74) is 7.99. The minimum Gasteiger partial charge on any atom is -0.323 e. The highest BCUT2D eigenvalue weighted by molar-refractivity contribution is 5.81. The molecule has 0 bridgehead atoms. The highest BCUT2D eigenvalue weighted by atomic mass is 14.8. The number of benzene rings is 1. The average molecular weight is 235 g/mol. The Kier molecular flexibility index (Phi) is 2.48.